The van der Waals surface area contributed by atoms with Gasteiger partial charge in [0.15, 0.2) is 0 Å². The molecule has 5 heteroatoms. The largest absolute Gasteiger partial charge is 0.319 e. The molecule has 0 aliphatic carbocycles. The van der Waals surface area contributed by atoms with Crippen molar-refractivity contribution in [1.29, 1.82) is 0 Å². The molecule has 0 aliphatic heterocycles. The van der Waals surface area contributed by atoms with Crippen molar-refractivity contribution in [3.05, 3.63) is 99.7 Å². The van der Waals surface area contributed by atoms with Crippen LogP contribution in [0.3, 0.4) is 0 Å². The summed E-state index contributed by atoms with van der Waals surface area (Å²) in [5, 5.41) is 2.44. The summed E-state index contributed by atoms with van der Waals surface area (Å²) in [6, 6.07) is 16.7. The number of nitrogens with one attached hydrogen (secondary N) is 1. The summed E-state index contributed by atoms with van der Waals surface area (Å²) < 4.78 is 15.1. The number of carbonyl (C=O) groups is 1. The molecular weight excluding hydrogens is 319 g/mol. The summed E-state index contributed by atoms with van der Waals surface area (Å²) in [4.78, 5) is 24.9. The third kappa shape index (κ3) is 3.83. The van der Waals surface area contributed by atoms with Gasteiger partial charge in [-0.05, 0) is 36.8 Å². The molecule has 0 radical (unpaired) electrons. The van der Waals surface area contributed by atoms with Gasteiger partial charge in [0.1, 0.15) is 11.4 Å². The maximum Gasteiger partial charge on any atom is 0.263 e. The number of aromatic nitrogens is 1. The Bertz CT molecular complexity index is 962. The van der Waals surface area contributed by atoms with Crippen molar-refractivity contribution in [2.24, 2.45) is 0 Å². The van der Waals surface area contributed by atoms with E-state index >= 15 is 0 Å². The van der Waals surface area contributed by atoms with Gasteiger partial charge in [-0.15, -0.1) is 0 Å². The molecule has 0 atom stereocenters. The smallest absolute Gasteiger partial charge is 0.263 e. The van der Waals surface area contributed by atoms with Crippen LogP contribution >= 0.6 is 0 Å². The summed E-state index contributed by atoms with van der Waals surface area (Å²) in [5.41, 5.74) is 1.68. The highest BCUT2D eigenvalue weighted by Gasteiger charge is 2.14. The summed E-state index contributed by atoms with van der Waals surface area (Å²) in [5.74, 6) is -1.18. The van der Waals surface area contributed by atoms with Crippen LogP contribution < -0.4 is 10.9 Å². The van der Waals surface area contributed by atoms with Crippen molar-refractivity contribution in [1.82, 2.24) is 4.57 Å². The molecule has 1 amide bonds. The molecule has 3 aromatic rings. The fraction of sp³-hybridized carbons (Fsp3) is 0.100. The summed E-state index contributed by atoms with van der Waals surface area (Å²) in [6.45, 7) is 2.35. The van der Waals surface area contributed by atoms with Gasteiger partial charge in [-0.2, -0.15) is 0 Å². The molecule has 0 spiro atoms. The minimum atomic E-state index is -0.631. The number of carbonyl (C=O) groups excluding carboxylic acids is 1. The standard InChI is InChI=1S/C20H17FN2O2/c1-14-8-10-15(11-9-14)13-23-12-4-5-16(20(23)25)19(24)22-18-7-3-2-6-17(18)21/h2-12H,13H2,1H3,(H,22,24). The van der Waals surface area contributed by atoms with E-state index in [9.17, 15) is 14.0 Å². The van der Waals surface area contributed by atoms with Crippen LogP contribution in [0.2, 0.25) is 0 Å². The Morgan fingerprint density at radius 3 is 2.48 bits per heavy atom. The van der Waals surface area contributed by atoms with E-state index < -0.39 is 17.3 Å². The van der Waals surface area contributed by atoms with Crippen LogP contribution in [0.5, 0.6) is 0 Å². The van der Waals surface area contributed by atoms with Crippen LogP contribution in [0.15, 0.2) is 71.7 Å². The number of hydrogen-bond donors (Lipinski definition) is 1. The van der Waals surface area contributed by atoms with Crippen molar-refractivity contribution < 1.29 is 9.18 Å². The second-order valence-corrected chi connectivity index (χ2v) is 5.77. The maximum atomic E-state index is 13.7. The van der Waals surface area contributed by atoms with E-state index in [0.29, 0.717) is 6.54 Å². The number of para-hydroxylation sites is 1. The van der Waals surface area contributed by atoms with Crippen molar-refractivity contribution in [2.45, 2.75) is 13.5 Å². The topological polar surface area (TPSA) is 51.1 Å². The first-order valence-electron chi connectivity index (χ1n) is 7.85. The SMILES string of the molecule is Cc1ccc(Cn2cccc(C(=O)Nc3ccccc3F)c2=O)cc1. The van der Waals surface area contributed by atoms with Crippen molar-refractivity contribution in [3.8, 4) is 0 Å². The van der Waals surface area contributed by atoms with E-state index in [-0.39, 0.29) is 11.3 Å². The fourth-order valence-corrected chi connectivity index (χ4v) is 2.48. The molecule has 1 N–H and O–H groups in total. The highest BCUT2D eigenvalue weighted by Crippen LogP contribution is 2.13. The monoisotopic (exact) mass is 336 g/mol. The van der Waals surface area contributed by atoms with Gasteiger partial charge >= 0.3 is 0 Å². The quantitative estimate of drug-likeness (QED) is 0.791. The zero-order valence-corrected chi connectivity index (χ0v) is 13.7. The molecule has 0 fully saturated rings. The molecule has 0 bridgehead atoms. The fourth-order valence-electron chi connectivity index (χ4n) is 2.48. The molecule has 4 nitrogen and oxygen atoms in total. The predicted molar refractivity (Wildman–Crippen MR) is 95.3 cm³/mol. The zero-order valence-electron chi connectivity index (χ0n) is 13.7. The number of nitrogens with zero attached hydrogens (tertiary/aromatic N) is 1. The Morgan fingerprint density at radius 2 is 1.76 bits per heavy atom. The lowest BCUT2D eigenvalue weighted by Gasteiger charge is -2.09. The lowest BCUT2D eigenvalue weighted by atomic mass is 10.1. The van der Waals surface area contributed by atoms with Crippen LogP contribution in [-0.4, -0.2) is 10.5 Å². The minimum Gasteiger partial charge on any atom is -0.319 e. The molecule has 126 valence electrons. The molecule has 0 unspecified atom stereocenters. The van der Waals surface area contributed by atoms with E-state index in [0.717, 1.165) is 11.1 Å². The normalized spacial score (nSPS) is 10.5. The van der Waals surface area contributed by atoms with Gasteiger partial charge in [0.2, 0.25) is 0 Å². The molecule has 25 heavy (non-hydrogen) atoms. The molecule has 1 aromatic heterocycles. The number of anilines is 1. The van der Waals surface area contributed by atoms with Gasteiger partial charge in [0.25, 0.3) is 11.5 Å². The van der Waals surface area contributed by atoms with E-state index in [1.807, 2.05) is 31.2 Å². The Kier molecular flexibility index (Phi) is 4.75. The van der Waals surface area contributed by atoms with Gasteiger partial charge in [-0.3, -0.25) is 9.59 Å². The summed E-state index contributed by atoms with van der Waals surface area (Å²) in [7, 11) is 0. The first-order valence-corrected chi connectivity index (χ1v) is 7.85. The molecular formula is C20H17FN2O2. The van der Waals surface area contributed by atoms with Gasteiger partial charge in [-0.1, -0.05) is 42.0 Å². The Morgan fingerprint density at radius 1 is 1.04 bits per heavy atom. The second kappa shape index (κ2) is 7.13. The molecule has 0 aliphatic rings. The van der Waals surface area contributed by atoms with Gasteiger partial charge in [0, 0.05) is 6.20 Å². The van der Waals surface area contributed by atoms with Gasteiger partial charge in [0.05, 0.1) is 12.2 Å². The lowest BCUT2D eigenvalue weighted by Crippen LogP contribution is -2.29. The third-order valence-corrected chi connectivity index (χ3v) is 3.86. The van der Waals surface area contributed by atoms with Crippen LogP contribution in [0.25, 0.3) is 0 Å². The number of halogens is 1. The Hall–Kier alpha value is -3.21. The number of rotatable bonds is 4. The van der Waals surface area contributed by atoms with Gasteiger partial charge in [-0.25, -0.2) is 4.39 Å². The molecule has 0 saturated carbocycles. The van der Waals surface area contributed by atoms with Gasteiger partial charge < -0.3 is 9.88 Å². The first kappa shape index (κ1) is 16.6. The maximum absolute atomic E-state index is 13.7. The van der Waals surface area contributed by atoms with Crippen molar-refractivity contribution in [3.63, 3.8) is 0 Å². The minimum absolute atomic E-state index is 0.0298. The number of hydrogen-bond acceptors (Lipinski definition) is 2. The van der Waals surface area contributed by atoms with E-state index in [4.69, 9.17) is 0 Å². The number of aryl methyl sites for hydroxylation is 1. The summed E-state index contributed by atoms with van der Waals surface area (Å²) >= 11 is 0. The zero-order chi connectivity index (χ0) is 17.8. The van der Waals surface area contributed by atoms with Crippen LogP contribution in [0.1, 0.15) is 21.5 Å². The van der Waals surface area contributed by atoms with Crippen molar-refractivity contribution in [2.75, 3.05) is 5.32 Å². The van der Waals surface area contributed by atoms with E-state index in [1.54, 1.807) is 18.3 Å². The average Bonchev–Trinajstić information content (AvgIpc) is 2.60. The third-order valence-electron chi connectivity index (χ3n) is 3.86. The predicted octanol–water partition coefficient (Wildman–Crippen LogP) is 3.60. The van der Waals surface area contributed by atoms with Crippen LogP contribution in [0.4, 0.5) is 10.1 Å². The number of pyridine rings is 1. The number of benzene rings is 2. The second-order valence-electron chi connectivity index (χ2n) is 5.77. The lowest BCUT2D eigenvalue weighted by molar-refractivity contribution is 0.102. The van der Waals surface area contributed by atoms with E-state index in [2.05, 4.69) is 5.32 Å². The first-order chi connectivity index (χ1) is 12.0. The van der Waals surface area contributed by atoms with E-state index in [1.165, 1.54) is 28.8 Å². The molecule has 2 aromatic carbocycles. The number of amides is 1. The molecule has 3 rings (SSSR count). The average molecular weight is 336 g/mol. The Balaban J connectivity index is 1.85. The summed E-state index contributed by atoms with van der Waals surface area (Å²) in [6.07, 6.45) is 1.63. The Labute approximate surface area is 144 Å². The van der Waals surface area contributed by atoms with Crippen molar-refractivity contribution >= 4 is 11.6 Å². The molecule has 0 saturated heterocycles. The van der Waals surface area contributed by atoms with Crippen LogP contribution in [-0.2, 0) is 6.54 Å². The highest BCUT2D eigenvalue weighted by atomic mass is 19.1. The highest BCUT2D eigenvalue weighted by molar-refractivity contribution is 6.04. The van der Waals surface area contributed by atoms with Crippen LogP contribution in [0, 0.1) is 12.7 Å². The molecule has 1 heterocycles.